The molecule has 3 heterocycles. The highest BCUT2D eigenvalue weighted by Crippen LogP contribution is 2.30. The molecule has 1 saturated carbocycles. The summed E-state index contributed by atoms with van der Waals surface area (Å²) in [6.07, 6.45) is 8.85. The molecule has 0 bridgehead atoms. The van der Waals surface area contributed by atoms with Crippen LogP contribution < -0.4 is 15.4 Å². The maximum atomic E-state index is 13.7. The first kappa shape index (κ1) is 24.6. The number of carbonyl (C=O) groups excluding carboxylic acids is 2. The highest BCUT2D eigenvalue weighted by Gasteiger charge is 2.30. The number of aromatic nitrogens is 2. The Bertz CT molecular complexity index is 925. The molecule has 0 unspecified atom stereocenters. The van der Waals surface area contributed by atoms with Gasteiger partial charge in [0, 0.05) is 42.9 Å². The van der Waals surface area contributed by atoms with Crippen LogP contribution in [0.15, 0.2) is 17.3 Å². The fourth-order valence-corrected chi connectivity index (χ4v) is 5.36. The summed E-state index contributed by atoms with van der Waals surface area (Å²) < 4.78 is 6.11. The number of anilines is 1. The topological polar surface area (TPSA) is 102 Å². The first-order valence-corrected chi connectivity index (χ1v) is 13.0. The molecule has 2 N–H and O–H groups in total. The Balaban J connectivity index is 1.64. The average Bonchev–Trinajstić information content (AvgIpc) is 3.52. The van der Waals surface area contributed by atoms with Crippen LogP contribution in [0.25, 0.3) is 0 Å². The number of likely N-dealkylation sites (tertiary alicyclic amines) is 1. The maximum Gasteiger partial charge on any atom is 0.228 e. The van der Waals surface area contributed by atoms with Crippen LogP contribution in [0.3, 0.4) is 0 Å². The van der Waals surface area contributed by atoms with Gasteiger partial charge in [-0.2, -0.15) is 4.98 Å². The molecular formula is C26H39N5O3. The van der Waals surface area contributed by atoms with Gasteiger partial charge in [0.25, 0.3) is 0 Å². The minimum absolute atomic E-state index is 0.119. The lowest BCUT2D eigenvalue weighted by Crippen LogP contribution is -2.31. The fraction of sp³-hybridized carbons (Fsp3) is 0.692. The number of ether oxygens (including phenoxy) is 1. The number of Topliss-reactive ketones (excluding diaryl/α,β-unsaturated/α-hetero) is 2. The summed E-state index contributed by atoms with van der Waals surface area (Å²) >= 11 is 0. The van der Waals surface area contributed by atoms with Gasteiger partial charge in [0.05, 0.1) is 5.92 Å². The van der Waals surface area contributed by atoms with Crippen LogP contribution in [0.4, 0.5) is 5.82 Å². The lowest BCUT2D eigenvalue weighted by molar-refractivity contribution is -0.123. The van der Waals surface area contributed by atoms with Crippen LogP contribution >= 0.6 is 0 Å². The van der Waals surface area contributed by atoms with E-state index in [0.29, 0.717) is 49.1 Å². The minimum atomic E-state index is -0.366. The SMILES string of the molecule is CCC/C(C(=O)c1nc(OC[C@@H]2CCCN2C)cc(N2CCCC2)n1)=C(/N)[C@H]1CCCCC1=O. The molecular weight excluding hydrogens is 430 g/mol. The highest BCUT2D eigenvalue weighted by atomic mass is 16.5. The number of nitrogens with zero attached hydrogens (tertiary/aromatic N) is 4. The van der Waals surface area contributed by atoms with E-state index in [9.17, 15) is 9.59 Å². The van der Waals surface area contributed by atoms with Gasteiger partial charge in [-0.3, -0.25) is 9.59 Å². The quantitative estimate of drug-likeness (QED) is 0.433. The largest absolute Gasteiger partial charge is 0.476 e. The number of rotatable bonds is 9. The molecule has 0 aromatic carbocycles. The lowest BCUT2D eigenvalue weighted by atomic mass is 9.83. The number of nitrogens with two attached hydrogens (primary N) is 1. The standard InChI is InChI=1S/C26H39N5O3/c1-3-9-20(24(27)19-11-4-5-12-21(19)32)25(33)26-28-22(31-14-6-7-15-31)16-23(29-26)34-17-18-10-8-13-30(18)2/h16,18-19H,3-15,17,27H2,1-2H3/b24-20-/t18-,19-/m0/s1. The summed E-state index contributed by atoms with van der Waals surface area (Å²) in [5.74, 6) is 0.782. The number of likely N-dealkylation sites (N-methyl/N-ethyl adjacent to an activating group) is 1. The molecule has 1 aromatic heterocycles. The number of hydrogen-bond acceptors (Lipinski definition) is 8. The fourth-order valence-electron chi connectivity index (χ4n) is 5.36. The summed E-state index contributed by atoms with van der Waals surface area (Å²) in [7, 11) is 2.11. The number of carbonyl (C=O) groups is 2. The average molecular weight is 470 g/mol. The number of hydrogen-bond donors (Lipinski definition) is 1. The van der Waals surface area contributed by atoms with E-state index in [-0.39, 0.29) is 23.3 Å². The summed E-state index contributed by atoms with van der Waals surface area (Å²) in [6, 6.07) is 2.21. The predicted molar refractivity (Wildman–Crippen MR) is 132 cm³/mol. The summed E-state index contributed by atoms with van der Waals surface area (Å²) in [6.45, 7) is 5.44. The van der Waals surface area contributed by atoms with Crippen molar-refractivity contribution in [3.63, 3.8) is 0 Å². The Hall–Kier alpha value is -2.48. The summed E-state index contributed by atoms with van der Waals surface area (Å²) in [5.41, 5.74) is 7.40. The zero-order valence-electron chi connectivity index (χ0n) is 20.7. The second-order valence-electron chi connectivity index (χ2n) is 9.95. The summed E-state index contributed by atoms with van der Waals surface area (Å²) in [4.78, 5) is 39.9. The second kappa shape index (κ2) is 11.3. The molecule has 1 aromatic rings. The van der Waals surface area contributed by atoms with Crippen molar-refractivity contribution in [1.82, 2.24) is 14.9 Å². The molecule has 2 saturated heterocycles. The molecule has 8 nitrogen and oxygen atoms in total. The van der Waals surface area contributed by atoms with Crippen molar-refractivity contribution < 1.29 is 14.3 Å². The maximum absolute atomic E-state index is 13.7. The molecule has 0 amide bonds. The van der Waals surface area contributed by atoms with E-state index >= 15 is 0 Å². The van der Waals surface area contributed by atoms with Gasteiger partial charge in [0.15, 0.2) is 0 Å². The van der Waals surface area contributed by atoms with E-state index in [1.807, 2.05) is 13.0 Å². The third-order valence-corrected chi connectivity index (χ3v) is 7.47. The van der Waals surface area contributed by atoms with E-state index < -0.39 is 0 Å². The molecule has 0 spiro atoms. The lowest BCUT2D eigenvalue weighted by Gasteiger charge is -2.23. The van der Waals surface area contributed by atoms with Crippen LogP contribution in [-0.4, -0.2) is 65.8 Å². The van der Waals surface area contributed by atoms with E-state index in [1.165, 1.54) is 6.42 Å². The predicted octanol–water partition coefficient (Wildman–Crippen LogP) is 3.50. The van der Waals surface area contributed by atoms with Gasteiger partial charge in [-0.25, -0.2) is 4.98 Å². The van der Waals surface area contributed by atoms with Crippen molar-refractivity contribution in [1.29, 1.82) is 0 Å². The van der Waals surface area contributed by atoms with Crippen LogP contribution in [0.1, 0.15) is 81.8 Å². The third-order valence-electron chi connectivity index (χ3n) is 7.47. The number of ketones is 2. The molecule has 3 aliphatic rings. The van der Waals surface area contributed by atoms with Crippen LogP contribution in [-0.2, 0) is 4.79 Å². The molecule has 0 radical (unpaired) electrons. The minimum Gasteiger partial charge on any atom is -0.476 e. The Kier molecular flexibility index (Phi) is 8.19. The smallest absolute Gasteiger partial charge is 0.228 e. The Morgan fingerprint density at radius 3 is 2.59 bits per heavy atom. The van der Waals surface area contributed by atoms with Crippen molar-refractivity contribution in [2.75, 3.05) is 38.2 Å². The second-order valence-corrected chi connectivity index (χ2v) is 9.95. The van der Waals surface area contributed by atoms with Crippen LogP contribution in [0.2, 0.25) is 0 Å². The van der Waals surface area contributed by atoms with Gasteiger partial charge < -0.3 is 20.3 Å². The van der Waals surface area contributed by atoms with Crippen molar-refractivity contribution in [2.24, 2.45) is 11.7 Å². The van der Waals surface area contributed by atoms with Gasteiger partial charge in [0.1, 0.15) is 18.2 Å². The van der Waals surface area contributed by atoms with Crippen LogP contribution in [0.5, 0.6) is 5.88 Å². The monoisotopic (exact) mass is 469 g/mol. The van der Waals surface area contributed by atoms with Gasteiger partial charge in [-0.05, 0) is 58.5 Å². The molecule has 2 atom stereocenters. The first-order valence-electron chi connectivity index (χ1n) is 13.0. The van der Waals surface area contributed by atoms with Crippen molar-refractivity contribution in [2.45, 2.75) is 77.2 Å². The van der Waals surface area contributed by atoms with Gasteiger partial charge in [0.2, 0.25) is 17.5 Å². The molecule has 4 rings (SSSR count). The Labute approximate surface area is 202 Å². The molecule has 3 fully saturated rings. The third kappa shape index (κ3) is 5.59. The van der Waals surface area contributed by atoms with E-state index in [1.54, 1.807) is 0 Å². The van der Waals surface area contributed by atoms with E-state index in [4.69, 9.17) is 10.5 Å². The van der Waals surface area contributed by atoms with E-state index in [2.05, 4.69) is 26.8 Å². The Morgan fingerprint density at radius 2 is 1.91 bits per heavy atom. The normalized spacial score (nSPS) is 24.4. The highest BCUT2D eigenvalue weighted by molar-refractivity contribution is 6.07. The zero-order valence-corrected chi connectivity index (χ0v) is 20.7. The molecule has 8 heteroatoms. The van der Waals surface area contributed by atoms with E-state index in [0.717, 1.165) is 64.0 Å². The molecule has 186 valence electrons. The van der Waals surface area contributed by atoms with Gasteiger partial charge in [-0.15, -0.1) is 0 Å². The summed E-state index contributed by atoms with van der Waals surface area (Å²) in [5, 5.41) is 0. The molecule has 2 aliphatic heterocycles. The number of allylic oxidation sites excluding steroid dienone is 2. The van der Waals surface area contributed by atoms with Crippen LogP contribution in [0, 0.1) is 5.92 Å². The molecule has 1 aliphatic carbocycles. The first-order chi connectivity index (χ1) is 16.5. The van der Waals surface area contributed by atoms with Crippen molar-refractivity contribution in [3.05, 3.63) is 23.2 Å². The van der Waals surface area contributed by atoms with Gasteiger partial charge in [-0.1, -0.05) is 19.8 Å². The van der Waals surface area contributed by atoms with Gasteiger partial charge >= 0.3 is 0 Å². The Morgan fingerprint density at radius 1 is 1.12 bits per heavy atom. The van der Waals surface area contributed by atoms with Crippen molar-refractivity contribution >= 4 is 17.4 Å². The van der Waals surface area contributed by atoms with Crippen molar-refractivity contribution in [3.8, 4) is 5.88 Å². The zero-order chi connectivity index (χ0) is 24.1. The molecule has 34 heavy (non-hydrogen) atoms.